The molecule has 7 heteroatoms. The zero-order valence-corrected chi connectivity index (χ0v) is 14.2. The van der Waals surface area contributed by atoms with E-state index in [0.717, 1.165) is 0 Å². The second-order valence-electron chi connectivity index (χ2n) is 5.71. The minimum absolute atomic E-state index is 0.0772. The summed E-state index contributed by atoms with van der Waals surface area (Å²) in [6.45, 7) is 4.61. The quantitative estimate of drug-likeness (QED) is 0.836. The van der Waals surface area contributed by atoms with Crippen molar-refractivity contribution in [3.05, 3.63) is 34.9 Å². The Morgan fingerprint density at radius 3 is 2.32 bits per heavy atom. The number of hydrogen-bond acceptors (Lipinski definition) is 4. The summed E-state index contributed by atoms with van der Waals surface area (Å²) in [5, 5.41) is 0.550. The minimum Gasteiger partial charge on any atom is -0.372 e. The van der Waals surface area contributed by atoms with Crippen molar-refractivity contribution < 1.29 is 17.9 Å². The molecule has 0 spiro atoms. The Balaban J connectivity index is 1.98. The van der Waals surface area contributed by atoms with E-state index in [0.29, 0.717) is 23.7 Å². The van der Waals surface area contributed by atoms with Crippen LogP contribution in [0, 0.1) is 0 Å². The Bertz CT molecular complexity index is 619. The monoisotopic (exact) mass is 345 g/mol. The van der Waals surface area contributed by atoms with Gasteiger partial charge in [-0.15, -0.1) is 0 Å². The fourth-order valence-electron chi connectivity index (χ4n) is 2.55. The van der Waals surface area contributed by atoms with Crippen LogP contribution in [0.1, 0.15) is 19.4 Å². The van der Waals surface area contributed by atoms with Crippen molar-refractivity contribution >= 4 is 27.3 Å². The Kier molecular flexibility index (Phi) is 5.47. The Morgan fingerprint density at radius 1 is 1.23 bits per heavy atom. The van der Waals surface area contributed by atoms with Crippen molar-refractivity contribution in [2.45, 2.75) is 31.8 Å². The third kappa shape index (κ3) is 4.97. The number of halogens is 1. The van der Waals surface area contributed by atoms with E-state index in [1.54, 1.807) is 29.2 Å². The van der Waals surface area contributed by atoms with Crippen molar-refractivity contribution in [1.82, 2.24) is 4.90 Å². The molecule has 1 aromatic carbocycles. The van der Waals surface area contributed by atoms with Crippen LogP contribution in [0.25, 0.3) is 0 Å². The summed E-state index contributed by atoms with van der Waals surface area (Å²) in [7, 11) is -3.51. The van der Waals surface area contributed by atoms with Gasteiger partial charge in [0.1, 0.15) is 5.75 Å². The van der Waals surface area contributed by atoms with E-state index < -0.39 is 15.6 Å². The van der Waals surface area contributed by atoms with Gasteiger partial charge < -0.3 is 9.64 Å². The van der Waals surface area contributed by atoms with Gasteiger partial charge in [0.2, 0.25) is 5.91 Å². The van der Waals surface area contributed by atoms with Gasteiger partial charge in [-0.05, 0) is 31.5 Å². The van der Waals surface area contributed by atoms with E-state index in [4.69, 9.17) is 16.3 Å². The molecular formula is C15H20ClNO4S. The average molecular weight is 346 g/mol. The van der Waals surface area contributed by atoms with Gasteiger partial charge in [-0.2, -0.15) is 0 Å². The van der Waals surface area contributed by atoms with Gasteiger partial charge in [0.25, 0.3) is 0 Å². The van der Waals surface area contributed by atoms with Crippen LogP contribution < -0.4 is 0 Å². The zero-order valence-electron chi connectivity index (χ0n) is 12.7. The molecule has 122 valence electrons. The molecule has 2 rings (SSSR count). The Morgan fingerprint density at radius 2 is 1.77 bits per heavy atom. The first kappa shape index (κ1) is 17.2. The van der Waals surface area contributed by atoms with Gasteiger partial charge in [0, 0.05) is 18.1 Å². The molecule has 2 atom stereocenters. The van der Waals surface area contributed by atoms with E-state index >= 15 is 0 Å². The van der Waals surface area contributed by atoms with Crippen molar-refractivity contribution in [3.63, 3.8) is 0 Å². The highest BCUT2D eigenvalue weighted by Crippen LogP contribution is 2.15. The number of ether oxygens (including phenoxy) is 1. The average Bonchev–Trinajstić information content (AvgIpc) is 2.39. The molecule has 5 nitrogen and oxygen atoms in total. The molecule has 0 unspecified atom stereocenters. The molecule has 0 radical (unpaired) electrons. The lowest BCUT2D eigenvalue weighted by molar-refractivity contribution is -0.140. The number of sulfone groups is 1. The van der Waals surface area contributed by atoms with Crippen molar-refractivity contribution in [1.29, 1.82) is 0 Å². The number of carbonyl (C=O) groups is 1. The molecule has 1 fully saturated rings. The molecule has 1 aliphatic rings. The van der Waals surface area contributed by atoms with Crippen molar-refractivity contribution in [3.8, 4) is 0 Å². The SMILES string of the molecule is C[C@H]1CN(C(=O)CS(=O)(=O)Cc2ccc(Cl)cc2)C[C@H](C)O1. The third-order valence-electron chi connectivity index (χ3n) is 3.42. The Hall–Kier alpha value is -1.11. The summed E-state index contributed by atoms with van der Waals surface area (Å²) in [4.78, 5) is 13.8. The topological polar surface area (TPSA) is 63.7 Å². The van der Waals surface area contributed by atoms with E-state index in [9.17, 15) is 13.2 Å². The largest absolute Gasteiger partial charge is 0.372 e. The predicted molar refractivity (Wildman–Crippen MR) is 85.5 cm³/mol. The van der Waals surface area contributed by atoms with Gasteiger partial charge in [0.05, 0.1) is 18.0 Å². The molecule has 1 heterocycles. The van der Waals surface area contributed by atoms with Gasteiger partial charge in [0.15, 0.2) is 9.84 Å². The molecule has 1 amide bonds. The molecular weight excluding hydrogens is 326 g/mol. The van der Waals surface area contributed by atoms with Crippen LogP contribution in [-0.4, -0.2) is 50.3 Å². The molecule has 1 saturated heterocycles. The van der Waals surface area contributed by atoms with E-state index in [1.807, 2.05) is 13.8 Å². The number of carbonyl (C=O) groups excluding carboxylic acids is 1. The van der Waals surface area contributed by atoms with Crippen LogP contribution in [0.5, 0.6) is 0 Å². The molecule has 0 bridgehead atoms. The second kappa shape index (κ2) is 6.98. The standard InChI is InChI=1S/C15H20ClNO4S/c1-11-7-17(8-12(2)21-11)15(18)10-22(19,20)9-13-3-5-14(16)6-4-13/h3-6,11-12H,7-10H2,1-2H3/t11-,12-/m0/s1. The number of morpholine rings is 1. The number of benzene rings is 1. The summed E-state index contributed by atoms with van der Waals surface area (Å²) < 4.78 is 29.9. The molecule has 1 aliphatic heterocycles. The second-order valence-corrected chi connectivity index (χ2v) is 8.22. The summed E-state index contributed by atoms with van der Waals surface area (Å²) in [6, 6.07) is 6.59. The maximum Gasteiger partial charge on any atom is 0.237 e. The first-order valence-corrected chi connectivity index (χ1v) is 9.33. The van der Waals surface area contributed by atoms with E-state index in [2.05, 4.69) is 0 Å². The van der Waals surface area contributed by atoms with Crippen LogP contribution >= 0.6 is 11.6 Å². The number of rotatable bonds is 4. The molecule has 0 aromatic heterocycles. The van der Waals surface area contributed by atoms with Crippen molar-refractivity contribution in [2.75, 3.05) is 18.8 Å². The van der Waals surface area contributed by atoms with Crippen molar-refractivity contribution in [2.24, 2.45) is 0 Å². The van der Waals surface area contributed by atoms with Gasteiger partial charge in [-0.1, -0.05) is 23.7 Å². The summed E-state index contributed by atoms with van der Waals surface area (Å²) >= 11 is 5.77. The summed E-state index contributed by atoms with van der Waals surface area (Å²) in [5.74, 6) is -1.00. The lowest BCUT2D eigenvalue weighted by atomic mass is 10.2. The molecule has 22 heavy (non-hydrogen) atoms. The van der Waals surface area contributed by atoms with Gasteiger partial charge in [-0.25, -0.2) is 8.42 Å². The highest BCUT2D eigenvalue weighted by molar-refractivity contribution is 7.91. The molecule has 1 aromatic rings. The fraction of sp³-hybridized carbons (Fsp3) is 0.533. The summed E-state index contributed by atoms with van der Waals surface area (Å²) in [5.41, 5.74) is 0.626. The lowest BCUT2D eigenvalue weighted by Gasteiger charge is -2.35. The maximum atomic E-state index is 12.2. The molecule has 0 saturated carbocycles. The molecule has 0 aliphatic carbocycles. The van der Waals surface area contributed by atoms with E-state index in [-0.39, 0.29) is 23.9 Å². The van der Waals surface area contributed by atoms with Gasteiger partial charge in [-0.3, -0.25) is 4.79 Å². The van der Waals surface area contributed by atoms with E-state index in [1.165, 1.54) is 0 Å². The highest BCUT2D eigenvalue weighted by Gasteiger charge is 2.28. The normalized spacial score (nSPS) is 22.6. The lowest BCUT2D eigenvalue weighted by Crippen LogP contribution is -2.49. The van der Waals surface area contributed by atoms with Crippen LogP contribution in [-0.2, 0) is 25.1 Å². The van der Waals surface area contributed by atoms with Gasteiger partial charge >= 0.3 is 0 Å². The number of amides is 1. The predicted octanol–water partition coefficient (Wildman–Crippen LogP) is 1.89. The first-order valence-electron chi connectivity index (χ1n) is 7.13. The number of nitrogens with zero attached hydrogens (tertiary/aromatic N) is 1. The van der Waals surface area contributed by atoms with Crippen LogP contribution in [0.2, 0.25) is 5.02 Å². The third-order valence-corrected chi connectivity index (χ3v) is 5.13. The highest BCUT2D eigenvalue weighted by atomic mass is 35.5. The first-order chi connectivity index (χ1) is 10.2. The van der Waals surface area contributed by atoms with Crippen LogP contribution in [0.15, 0.2) is 24.3 Å². The van der Waals surface area contributed by atoms with Crippen LogP contribution in [0.3, 0.4) is 0 Å². The van der Waals surface area contributed by atoms with Crippen LogP contribution in [0.4, 0.5) is 0 Å². The summed E-state index contributed by atoms with van der Waals surface area (Å²) in [6.07, 6.45) is -0.154. The Labute approximate surface area is 136 Å². The maximum absolute atomic E-state index is 12.2. The zero-order chi connectivity index (χ0) is 16.3. The number of hydrogen-bond donors (Lipinski definition) is 0. The smallest absolute Gasteiger partial charge is 0.237 e. The minimum atomic E-state index is -3.51. The fourth-order valence-corrected chi connectivity index (χ4v) is 4.03. The molecule has 0 N–H and O–H groups in total.